The fourth-order valence-electron chi connectivity index (χ4n) is 2.48. The number of aromatic nitrogens is 1. The van der Waals surface area contributed by atoms with Gasteiger partial charge in [0.15, 0.2) is 0 Å². The van der Waals surface area contributed by atoms with Crippen LogP contribution in [0.2, 0.25) is 5.02 Å². The van der Waals surface area contributed by atoms with Crippen molar-refractivity contribution in [1.29, 1.82) is 0 Å². The molecule has 0 aliphatic rings. The lowest BCUT2D eigenvalue weighted by molar-refractivity contribution is 0.0950. The summed E-state index contributed by atoms with van der Waals surface area (Å²) < 4.78 is 5.13. The van der Waals surface area contributed by atoms with Gasteiger partial charge in [0, 0.05) is 18.4 Å². The highest BCUT2D eigenvalue weighted by atomic mass is 35.5. The fourth-order valence-corrected chi connectivity index (χ4v) is 2.74. The number of pyridine rings is 1. The lowest BCUT2D eigenvalue weighted by Crippen LogP contribution is -2.22. The van der Waals surface area contributed by atoms with Crippen LogP contribution < -0.4 is 15.4 Å². The molecule has 3 rings (SSSR count). The highest BCUT2D eigenvalue weighted by Crippen LogP contribution is 2.28. The van der Waals surface area contributed by atoms with Crippen LogP contribution in [-0.2, 0) is 6.54 Å². The van der Waals surface area contributed by atoms with Gasteiger partial charge < -0.3 is 15.4 Å². The first-order chi connectivity index (χ1) is 13.0. The molecule has 1 aromatic heterocycles. The molecule has 6 heteroatoms. The number of nitrogens with zero attached hydrogens (tertiary/aromatic N) is 1. The Morgan fingerprint density at radius 3 is 2.52 bits per heavy atom. The average molecular weight is 382 g/mol. The van der Waals surface area contributed by atoms with Crippen molar-refractivity contribution in [1.82, 2.24) is 10.3 Å². The first kappa shape index (κ1) is 18.7. The van der Waals surface area contributed by atoms with Crippen molar-refractivity contribution < 1.29 is 9.53 Å². The van der Waals surface area contributed by atoms with E-state index in [1.807, 2.05) is 37.3 Å². The van der Waals surface area contributed by atoms with Crippen molar-refractivity contribution >= 4 is 29.0 Å². The van der Waals surface area contributed by atoms with Crippen LogP contribution in [0.5, 0.6) is 5.75 Å². The van der Waals surface area contributed by atoms with Gasteiger partial charge in [-0.1, -0.05) is 41.4 Å². The molecule has 2 aromatic carbocycles. The molecule has 0 saturated heterocycles. The molecule has 5 nitrogen and oxygen atoms in total. The number of carbonyl (C=O) groups is 1. The summed E-state index contributed by atoms with van der Waals surface area (Å²) in [7, 11) is 1.57. The second kappa shape index (κ2) is 8.56. The molecule has 0 saturated carbocycles. The first-order valence-corrected chi connectivity index (χ1v) is 8.83. The smallest absolute Gasteiger partial charge is 0.253 e. The molecule has 27 heavy (non-hydrogen) atoms. The number of aryl methyl sites for hydroxylation is 1. The minimum absolute atomic E-state index is 0.165. The number of hydrogen-bond acceptors (Lipinski definition) is 4. The normalized spacial score (nSPS) is 10.3. The third-order valence-corrected chi connectivity index (χ3v) is 4.32. The van der Waals surface area contributed by atoms with E-state index in [9.17, 15) is 4.79 Å². The molecule has 0 unspecified atom stereocenters. The van der Waals surface area contributed by atoms with Gasteiger partial charge >= 0.3 is 0 Å². The number of methoxy groups -OCH3 is 1. The summed E-state index contributed by atoms with van der Waals surface area (Å²) in [6, 6.07) is 16.9. The Morgan fingerprint density at radius 2 is 1.89 bits per heavy atom. The van der Waals surface area contributed by atoms with Crippen molar-refractivity contribution in [2.24, 2.45) is 0 Å². The monoisotopic (exact) mass is 381 g/mol. The van der Waals surface area contributed by atoms with E-state index in [0.717, 1.165) is 11.3 Å². The summed E-state index contributed by atoms with van der Waals surface area (Å²) in [6.45, 7) is 2.51. The topological polar surface area (TPSA) is 63.2 Å². The molecular formula is C21H20ClN3O2. The number of nitrogens with one attached hydrogen (secondary N) is 2. The van der Waals surface area contributed by atoms with E-state index in [2.05, 4.69) is 15.6 Å². The SMILES string of the molecule is COc1ccc(Nc2ccc(C(=O)NCc3ccc(C)cc3)cn2)cc1Cl. The van der Waals surface area contributed by atoms with Gasteiger partial charge in [-0.05, 0) is 42.8 Å². The van der Waals surface area contributed by atoms with Crippen LogP contribution in [0.3, 0.4) is 0 Å². The molecule has 138 valence electrons. The van der Waals surface area contributed by atoms with Crippen LogP contribution >= 0.6 is 11.6 Å². The van der Waals surface area contributed by atoms with Crippen molar-refractivity contribution in [3.8, 4) is 5.75 Å². The van der Waals surface area contributed by atoms with Gasteiger partial charge in [-0.2, -0.15) is 0 Å². The van der Waals surface area contributed by atoms with Gasteiger partial charge in [0.2, 0.25) is 0 Å². The zero-order chi connectivity index (χ0) is 19.2. The molecule has 0 fully saturated rings. The minimum atomic E-state index is -0.165. The van der Waals surface area contributed by atoms with Crippen molar-refractivity contribution in [2.45, 2.75) is 13.5 Å². The van der Waals surface area contributed by atoms with Gasteiger partial charge in [-0.15, -0.1) is 0 Å². The Labute approximate surface area is 163 Å². The third-order valence-electron chi connectivity index (χ3n) is 4.02. The fraction of sp³-hybridized carbons (Fsp3) is 0.143. The second-order valence-corrected chi connectivity index (χ2v) is 6.48. The van der Waals surface area contributed by atoms with Crippen molar-refractivity contribution in [2.75, 3.05) is 12.4 Å². The quantitative estimate of drug-likeness (QED) is 0.648. The lowest BCUT2D eigenvalue weighted by Gasteiger charge is -2.09. The molecule has 0 radical (unpaired) electrons. The highest BCUT2D eigenvalue weighted by molar-refractivity contribution is 6.32. The van der Waals surface area contributed by atoms with E-state index in [-0.39, 0.29) is 5.91 Å². The molecule has 1 heterocycles. The van der Waals surface area contributed by atoms with Crippen molar-refractivity contribution in [3.05, 3.63) is 82.5 Å². The second-order valence-electron chi connectivity index (χ2n) is 6.07. The summed E-state index contributed by atoms with van der Waals surface area (Å²) in [5.74, 6) is 1.06. The van der Waals surface area contributed by atoms with Crippen LogP contribution in [0.25, 0.3) is 0 Å². The number of amides is 1. The molecule has 3 aromatic rings. The van der Waals surface area contributed by atoms with Crippen LogP contribution in [0.15, 0.2) is 60.8 Å². The number of ether oxygens (including phenoxy) is 1. The van der Waals surface area contributed by atoms with E-state index in [0.29, 0.717) is 28.7 Å². The van der Waals surface area contributed by atoms with E-state index < -0.39 is 0 Å². The molecule has 2 N–H and O–H groups in total. The Bertz CT molecular complexity index is 925. The predicted octanol–water partition coefficient (Wildman–Crippen LogP) is 4.73. The average Bonchev–Trinajstić information content (AvgIpc) is 2.68. The Morgan fingerprint density at radius 1 is 1.11 bits per heavy atom. The third kappa shape index (κ3) is 4.99. The molecule has 0 aliphatic carbocycles. The van der Waals surface area contributed by atoms with E-state index in [1.165, 1.54) is 11.8 Å². The Hall–Kier alpha value is -3.05. The van der Waals surface area contributed by atoms with Crippen molar-refractivity contribution in [3.63, 3.8) is 0 Å². The van der Waals surface area contributed by atoms with Gasteiger partial charge in [-0.3, -0.25) is 4.79 Å². The van der Waals surface area contributed by atoms with Gasteiger partial charge in [0.05, 0.1) is 17.7 Å². The van der Waals surface area contributed by atoms with Crippen LogP contribution in [0, 0.1) is 6.92 Å². The summed E-state index contributed by atoms with van der Waals surface area (Å²) in [5, 5.41) is 6.54. The maximum atomic E-state index is 12.3. The van der Waals surface area contributed by atoms with E-state index in [1.54, 1.807) is 31.4 Å². The minimum Gasteiger partial charge on any atom is -0.495 e. The number of hydrogen-bond donors (Lipinski definition) is 2. The summed E-state index contributed by atoms with van der Waals surface area (Å²) in [6.07, 6.45) is 1.54. The largest absolute Gasteiger partial charge is 0.495 e. The Balaban J connectivity index is 1.60. The zero-order valence-electron chi connectivity index (χ0n) is 15.1. The number of benzene rings is 2. The summed E-state index contributed by atoms with van der Waals surface area (Å²) >= 11 is 6.12. The highest BCUT2D eigenvalue weighted by Gasteiger charge is 2.07. The number of halogens is 1. The van der Waals surface area contributed by atoms with Gasteiger partial charge in [0.25, 0.3) is 5.91 Å². The summed E-state index contributed by atoms with van der Waals surface area (Å²) in [4.78, 5) is 16.6. The molecular weight excluding hydrogens is 362 g/mol. The maximum absolute atomic E-state index is 12.3. The number of rotatable bonds is 6. The van der Waals surface area contributed by atoms with Crippen LogP contribution in [0.1, 0.15) is 21.5 Å². The zero-order valence-corrected chi connectivity index (χ0v) is 15.9. The van der Waals surface area contributed by atoms with E-state index in [4.69, 9.17) is 16.3 Å². The molecule has 0 atom stereocenters. The van der Waals surface area contributed by atoms with Crippen LogP contribution in [-0.4, -0.2) is 18.0 Å². The first-order valence-electron chi connectivity index (χ1n) is 8.45. The maximum Gasteiger partial charge on any atom is 0.253 e. The van der Waals surface area contributed by atoms with Gasteiger partial charge in [0.1, 0.15) is 11.6 Å². The summed E-state index contributed by atoms with van der Waals surface area (Å²) in [5.41, 5.74) is 3.53. The molecule has 0 aliphatic heterocycles. The van der Waals surface area contributed by atoms with Crippen LogP contribution in [0.4, 0.5) is 11.5 Å². The molecule has 0 bridgehead atoms. The number of carbonyl (C=O) groups excluding carboxylic acids is 1. The van der Waals surface area contributed by atoms with Gasteiger partial charge in [-0.25, -0.2) is 4.98 Å². The molecule has 1 amide bonds. The lowest BCUT2D eigenvalue weighted by atomic mass is 10.1. The standard InChI is InChI=1S/C21H20ClN3O2/c1-14-3-5-15(6-4-14)12-24-21(26)16-7-10-20(23-13-16)25-17-8-9-19(27-2)18(22)11-17/h3-11,13H,12H2,1-2H3,(H,23,25)(H,24,26). The molecule has 0 spiro atoms. The van der Waals surface area contributed by atoms with E-state index >= 15 is 0 Å². The predicted molar refractivity (Wildman–Crippen MR) is 108 cm³/mol. The Kier molecular flexibility index (Phi) is 5.94. The number of anilines is 2.